The summed E-state index contributed by atoms with van der Waals surface area (Å²) in [5.41, 5.74) is 3.97. The SMILES string of the molecule is CCC(CC)N1CC=C(c2cn(N)c3ccc(C(=O)c4ccco4)cc23)CC1. The Labute approximate surface area is 165 Å². The van der Waals surface area contributed by atoms with Crippen LogP contribution in [-0.4, -0.2) is 34.5 Å². The zero-order valence-corrected chi connectivity index (χ0v) is 16.5. The van der Waals surface area contributed by atoms with E-state index in [2.05, 4.69) is 24.8 Å². The number of carbonyl (C=O) groups is 1. The normalized spacial score (nSPS) is 15.3. The second-order valence-electron chi connectivity index (χ2n) is 7.43. The topological polar surface area (TPSA) is 64.4 Å². The van der Waals surface area contributed by atoms with E-state index in [9.17, 15) is 4.79 Å². The van der Waals surface area contributed by atoms with Gasteiger partial charge >= 0.3 is 0 Å². The van der Waals surface area contributed by atoms with Gasteiger partial charge in [0.25, 0.3) is 0 Å². The van der Waals surface area contributed by atoms with Crippen molar-refractivity contribution in [1.82, 2.24) is 9.58 Å². The number of ketones is 1. The minimum absolute atomic E-state index is 0.111. The number of hydrogen-bond donors (Lipinski definition) is 1. The number of nitrogens with zero attached hydrogens (tertiary/aromatic N) is 2. The van der Waals surface area contributed by atoms with Gasteiger partial charge in [0.15, 0.2) is 5.76 Å². The van der Waals surface area contributed by atoms with Gasteiger partial charge in [0.05, 0.1) is 11.8 Å². The lowest BCUT2D eigenvalue weighted by Gasteiger charge is -2.33. The number of nitrogens with two attached hydrogens (primary N) is 1. The van der Waals surface area contributed by atoms with Crippen molar-refractivity contribution in [2.24, 2.45) is 0 Å². The molecule has 1 aliphatic heterocycles. The lowest BCUT2D eigenvalue weighted by atomic mass is 9.96. The molecular formula is C23H27N3O2. The number of benzene rings is 1. The fraction of sp³-hybridized carbons (Fsp3) is 0.348. The van der Waals surface area contributed by atoms with Crippen molar-refractivity contribution in [1.29, 1.82) is 0 Å². The molecule has 1 aromatic carbocycles. The first-order valence-electron chi connectivity index (χ1n) is 10.0. The number of aromatic nitrogens is 1. The molecule has 0 amide bonds. The van der Waals surface area contributed by atoms with E-state index in [0.29, 0.717) is 17.4 Å². The summed E-state index contributed by atoms with van der Waals surface area (Å²) >= 11 is 0. The largest absolute Gasteiger partial charge is 0.461 e. The summed E-state index contributed by atoms with van der Waals surface area (Å²) in [4.78, 5) is 15.2. The highest BCUT2D eigenvalue weighted by atomic mass is 16.3. The number of fused-ring (bicyclic) bond motifs is 1. The Balaban J connectivity index is 1.68. The molecule has 146 valence electrons. The van der Waals surface area contributed by atoms with E-state index in [1.165, 1.54) is 24.7 Å². The molecule has 0 fully saturated rings. The lowest BCUT2D eigenvalue weighted by Crippen LogP contribution is -2.37. The van der Waals surface area contributed by atoms with Gasteiger partial charge in [-0.2, -0.15) is 0 Å². The van der Waals surface area contributed by atoms with Crippen LogP contribution in [0.25, 0.3) is 16.5 Å². The summed E-state index contributed by atoms with van der Waals surface area (Å²) in [5, 5.41) is 1.02. The Hall–Kier alpha value is -2.79. The summed E-state index contributed by atoms with van der Waals surface area (Å²) in [6.07, 6.45) is 9.17. The second kappa shape index (κ2) is 7.68. The van der Waals surface area contributed by atoms with Crippen molar-refractivity contribution in [3.63, 3.8) is 0 Å². The predicted octanol–water partition coefficient (Wildman–Crippen LogP) is 4.46. The van der Waals surface area contributed by atoms with Gasteiger partial charge in [0, 0.05) is 41.8 Å². The smallest absolute Gasteiger partial charge is 0.228 e. The molecule has 0 radical (unpaired) electrons. The van der Waals surface area contributed by atoms with Gasteiger partial charge < -0.3 is 10.3 Å². The molecule has 4 rings (SSSR count). The van der Waals surface area contributed by atoms with Gasteiger partial charge in [-0.3, -0.25) is 14.4 Å². The molecule has 2 N–H and O–H groups in total. The summed E-state index contributed by atoms with van der Waals surface area (Å²) in [7, 11) is 0. The first-order chi connectivity index (χ1) is 13.6. The van der Waals surface area contributed by atoms with Gasteiger partial charge in [-0.25, -0.2) is 0 Å². The van der Waals surface area contributed by atoms with Crippen molar-refractivity contribution < 1.29 is 9.21 Å². The van der Waals surface area contributed by atoms with Crippen molar-refractivity contribution in [2.75, 3.05) is 18.9 Å². The Kier molecular flexibility index (Phi) is 5.09. The van der Waals surface area contributed by atoms with Gasteiger partial charge in [-0.15, -0.1) is 0 Å². The summed E-state index contributed by atoms with van der Waals surface area (Å²) < 4.78 is 6.93. The molecule has 3 heterocycles. The fourth-order valence-electron chi connectivity index (χ4n) is 4.27. The van der Waals surface area contributed by atoms with E-state index in [1.807, 2.05) is 24.4 Å². The van der Waals surface area contributed by atoms with E-state index >= 15 is 0 Å². The van der Waals surface area contributed by atoms with Crippen LogP contribution in [0.4, 0.5) is 0 Å². The van der Waals surface area contributed by atoms with Crippen LogP contribution < -0.4 is 5.84 Å². The van der Waals surface area contributed by atoms with Crippen molar-refractivity contribution >= 4 is 22.3 Å². The Bertz CT molecular complexity index is 1010. The summed E-state index contributed by atoms with van der Waals surface area (Å²) in [6.45, 7) is 6.53. The molecule has 2 aromatic heterocycles. The van der Waals surface area contributed by atoms with E-state index < -0.39 is 0 Å². The maximum absolute atomic E-state index is 12.7. The highest BCUT2D eigenvalue weighted by molar-refractivity contribution is 6.09. The van der Waals surface area contributed by atoms with Crippen LogP contribution in [0.1, 0.15) is 54.8 Å². The van der Waals surface area contributed by atoms with E-state index in [1.54, 1.807) is 16.8 Å². The van der Waals surface area contributed by atoms with Crippen molar-refractivity contribution in [3.05, 3.63) is 65.8 Å². The van der Waals surface area contributed by atoms with Gasteiger partial charge in [-0.05, 0) is 55.2 Å². The molecule has 0 atom stereocenters. The van der Waals surface area contributed by atoms with E-state index in [-0.39, 0.29) is 5.78 Å². The molecular weight excluding hydrogens is 350 g/mol. The molecule has 28 heavy (non-hydrogen) atoms. The minimum atomic E-state index is -0.111. The lowest BCUT2D eigenvalue weighted by molar-refractivity contribution is 0.101. The molecule has 0 bridgehead atoms. The maximum Gasteiger partial charge on any atom is 0.228 e. The van der Waals surface area contributed by atoms with Crippen LogP contribution in [0.3, 0.4) is 0 Å². The monoisotopic (exact) mass is 377 g/mol. The fourth-order valence-corrected chi connectivity index (χ4v) is 4.27. The molecule has 1 aliphatic rings. The summed E-state index contributed by atoms with van der Waals surface area (Å²) in [6, 6.07) is 9.72. The third kappa shape index (κ3) is 3.27. The van der Waals surface area contributed by atoms with Crippen LogP contribution >= 0.6 is 0 Å². The highest BCUT2D eigenvalue weighted by Gasteiger charge is 2.21. The standard InChI is InChI=1S/C23H27N3O2/c1-3-18(4-2)25-11-9-16(10-12-25)20-15-26(24)21-8-7-17(14-19(20)21)23(27)22-6-5-13-28-22/h5-9,13-15,18H,3-4,10-12,24H2,1-2H3. The van der Waals surface area contributed by atoms with Gasteiger partial charge in [0.2, 0.25) is 5.78 Å². The van der Waals surface area contributed by atoms with Crippen molar-refractivity contribution in [2.45, 2.75) is 39.2 Å². The van der Waals surface area contributed by atoms with Gasteiger partial charge in [0.1, 0.15) is 0 Å². The third-order valence-electron chi connectivity index (χ3n) is 5.89. The molecule has 3 aromatic rings. The molecule has 0 saturated heterocycles. The van der Waals surface area contributed by atoms with E-state index in [0.717, 1.165) is 36.0 Å². The van der Waals surface area contributed by atoms with Crippen LogP contribution in [0, 0.1) is 0 Å². The van der Waals surface area contributed by atoms with E-state index in [4.69, 9.17) is 10.3 Å². The Morgan fingerprint density at radius 1 is 1.25 bits per heavy atom. The predicted molar refractivity (Wildman–Crippen MR) is 113 cm³/mol. The summed E-state index contributed by atoms with van der Waals surface area (Å²) in [5.74, 6) is 6.44. The number of rotatable bonds is 6. The Morgan fingerprint density at radius 2 is 2.07 bits per heavy atom. The number of hydrogen-bond acceptors (Lipinski definition) is 4. The number of carbonyl (C=O) groups excluding carboxylic acids is 1. The van der Waals surface area contributed by atoms with Crippen LogP contribution in [-0.2, 0) is 0 Å². The molecule has 5 nitrogen and oxygen atoms in total. The van der Waals surface area contributed by atoms with Gasteiger partial charge in [-0.1, -0.05) is 19.9 Å². The van der Waals surface area contributed by atoms with Crippen LogP contribution in [0.15, 0.2) is 53.3 Å². The molecule has 0 aliphatic carbocycles. The molecule has 0 spiro atoms. The van der Waals surface area contributed by atoms with Crippen LogP contribution in [0.5, 0.6) is 0 Å². The Morgan fingerprint density at radius 3 is 2.71 bits per heavy atom. The van der Waals surface area contributed by atoms with Crippen molar-refractivity contribution in [3.8, 4) is 0 Å². The number of nitrogen functional groups attached to an aromatic ring is 1. The molecule has 0 unspecified atom stereocenters. The minimum Gasteiger partial charge on any atom is -0.461 e. The zero-order chi connectivity index (χ0) is 19.7. The first kappa shape index (κ1) is 18.6. The average molecular weight is 377 g/mol. The number of furan rings is 1. The zero-order valence-electron chi connectivity index (χ0n) is 16.5. The highest BCUT2D eigenvalue weighted by Crippen LogP contribution is 2.32. The molecule has 0 saturated carbocycles. The quantitative estimate of drug-likeness (QED) is 0.509. The molecule has 5 heteroatoms. The second-order valence-corrected chi connectivity index (χ2v) is 7.43. The average Bonchev–Trinajstić information content (AvgIpc) is 3.37. The van der Waals surface area contributed by atoms with Crippen LogP contribution in [0.2, 0.25) is 0 Å². The first-order valence-corrected chi connectivity index (χ1v) is 10.0. The maximum atomic E-state index is 12.7. The third-order valence-corrected chi connectivity index (χ3v) is 5.89.